The van der Waals surface area contributed by atoms with Crippen LogP contribution in [0.5, 0.6) is 0 Å². The van der Waals surface area contributed by atoms with Gasteiger partial charge in [0.1, 0.15) is 0 Å². The van der Waals surface area contributed by atoms with Crippen LogP contribution in [0.1, 0.15) is 303 Å². The van der Waals surface area contributed by atoms with E-state index in [1.807, 2.05) is 0 Å². The van der Waals surface area contributed by atoms with Crippen molar-refractivity contribution in [2.45, 2.75) is 315 Å². The summed E-state index contributed by atoms with van der Waals surface area (Å²) in [6.07, 6.45) is 53.0. The average Bonchev–Trinajstić information content (AvgIpc) is 3.26. The molecule has 0 aromatic rings. The van der Waals surface area contributed by atoms with Crippen LogP contribution in [-0.2, 0) is 23.9 Å². The molecule has 0 aliphatic heterocycles. The largest absolute Gasteiger partial charge is 0.455 e. The lowest BCUT2D eigenvalue weighted by atomic mass is 10.0. The van der Waals surface area contributed by atoms with Gasteiger partial charge < -0.3 is 14.6 Å². The van der Waals surface area contributed by atoms with E-state index in [-0.39, 0.29) is 25.0 Å². The molecule has 6 nitrogen and oxygen atoms in total. The lowest BCUT2D eigenvalue weighted by Gasteiger charge is -2.25. The summed E-state index contributed by atoms with van der Waals surface area (Å²) in [4.78, 5) is 39.4. The second-order valence-corrected chi connectivity index (χ2v) is 18.6. The fraction of sp³-hybridized carbons (Fsp3) is 0.909. The molecule has 6 heteroatoms. The van der Waals surface area contributed by atoms with E-state index >= 15 is 0 Å². The number of unbranched alkanes of at least 4 members (excludes halogenated alkanes) is 37. The Morgan fingerprint density at radius 3 is 0.934 bits per heavy atom. The maximum absolute atomic E-state index is 13.5. The van der Waals surface area contributed by atoms with Gasteiger partial charge in [0.25, 0.3) is 0 Å². The van der Waals surface area contributed by atoms with Gasteiger partial charge in [-0.05, 0) is 44.9 Å². The van der Waals surface area contributed by atoms with Crippen molar-refractivity contribution >= 4 is 17.7 Å². The molecule has 0 spiro atoms. The lowest BCUT2D eigenvalue weighted by molar-refractivity contribution is -0.175. The minimum Gasteiger partial charge on any atom is -0.455 e. The number of Topliss-reactive ketones (excluding diaryl/α,β-unsaturated/α-hetero) is 1. The van der Waals surface area contributed by atoms with Crippen LogP contribution in [0.25, 0.3) is 0 Å². The van der Waals surface area contributed by atoms with Gasteiger partial charge in [-0.3, -0.25) is 14.4 Å². The maximum Gasteiger partial charge on any atom is 0.306 e. The summed E-state index contributed by atoms with van der Waals surface area (Å²) < 4.78 is 11.4. The van der Waals surface area contributed by atoms with Crippen molar-refractivity contribution in [1.82, 2.24) is 0 Å². The number of hydrogen-bond acceptors (Lipinski definition) is 6. The fourth-order valence-electron chi connectivity index (χ4n) is 8.41. The van der Waals surface area contributed by atoms with E-state index in [1.54, 1.807) is 0 Å². The zero-order valence-corrected chi connectivity index (χ0v) is 41.1. The summed E-state index contributed by atoms with van der Waals surface area (Å²) in [5.74, 6) is -1.13. The molecule has 61 heavy (non-hydrogen) atoms. The topological polar surface area (TPSA) is 89.9 Å². The molecular formula is C55H104O6. The number of carbonyl (C=O) groups is 3. The standard InChI is InChI=1S/C55H104O6/c1-4-7-10-13-16-19-22-25-27-30-32-35-38-41-44-47-51(57)55(61-54(59)49-46-43-40-37-33-29-24-21-18-15-12-9-6-3)52(50-56)60-53(58)48-45-42-39-36-34-31-28-26-23-20-17-14-11-8-5-2/h26,28,52,55-56H,4-25,27,29-50H2,1-3H3/b28-26-. The van der Waals surface area contributed by atoms with Crippen molar-refractivity contribution < 1.29 is 29.0 Å². The smallest absolute Gasteiger partial charge is 0.306 e. The molecule has 0 amide bonds. The van der Waals surface area contributed by atoms with Crippen molar-refractivity contribution in [3.63, 3.8) is 0 Å². The van der Waals surface area contributed by atoms with Crippen molar-refractivity contribution in [2.75, 3.05) is 6.61 Å². The Bertz CT molecular complexity index is 962. The van der Waals surface area contributed by atoms with Gasteiger partial charge in [-0.25, -0.2) is 0 Å². The van der Waals surface area contributed by atoms with Gasteiger partial charge in [-0.15, -0.1) is 0 Å². The predicted octanol–water partition coefficient (Wildman–Crippen LogP) is 17.2. The normalized spacial score (nSPS) is 12.6. The molecule has 0 aliphatic carbocycles. The third-order valence-electron chi connectivity index (χ3n) is 12.5. The van der Waals surface area contributed by atoms with E-state index < -0.39 is 30.8 Å². The van der Waals surface area contributed by atoms with Crippen LogP contribution in [-0.4, -0.2) is 41.6 Å². The number of hydrogen-bond donors (Lipinski definition) is 1. The van der Waals surface area contributed by atoms with Crippen LogP contribution >= 0.6 is 0 Å². The molecule has 0 rings (SSSR count). The average molecular weight is 861 g/mol. The molecule has 360 valence electrons. The molecule has 0 radical (unpaired) electrons. The minimum atomic E-state index is -1.25. The highest BCUT2D eigenvalue weighted by Crippen LogP contribution is 2.19. The number of ether oxygens (including phenoxy) is 2. The Balaban J connectivity index is 4.60. The predicted molar refractivity (Wildman–Crippen MR) is 261 cm³/mol. The Kier molecular flexibility index (Phi) is 48.0. The molecule has 0 saturated carbocycles. The van der Waals surface area contributed by atoms with Crippen LogP contribution in [0, 0.1) is 0 Å². The molecule has 0 aromatic heterocycles. The van der Waals surface area contributed by atoms with E-state index in [0.29, 0.717) is 12.8 Å². The molecule has 2 unspecified atom stereocenters. The number of ketones is 1. The Morgan fingerprint density at radius 1 is 0.361 bits per heavy atom. The van der Waals surface area contributed by atoms with Crippen molar-refractivity contribution in [1.29, 1.82) is 0 Å². The van der Waals surface area contributed by atoms with Crippen LogP contribution < -0.4 is 0 Å². The first kappa shape index (κ1) is 59.3. The molecule has 0 saturated heterocycles. The number of allylic oxidation sites excluding steroid dienone is 2. The second kappa shape index (κ2) is 49.3. The van der Waals surface area contributed by atoms with Gasteiger partial charge in [0.2, 0.25) is 0 Å². The molecule has 0 fully saturated rings. The number of aliphatic hydroxyl groups is 1. The van der Waals surface area contributed by atoms with E-state index in [2.05, 4.69) is 32.9 Å². The first-order valence-electron chi connectivity index (χ1n) is 27.2. The number of carbonyl (C=O) groups excluding carboxylic acids is 3. The van der Waals surface area contributed by atoms with Crippen molar-refractivity contribution in [3.05, 3.63) is 12.2 Å². The SMILES string of the molecule is CCCCCCCC/C=C\CCCCCCCC(=O)OC(CO)C(OC(=O)CCCCCCCCCCCCCCC)C(=O)CCCCCCCCCCCCCCCCC. The highest BCUT2D eigenvalue weighted by Gasteiger charge is 2.34. The van der Waals surface area contributed by atoms with E-state index in [9.17, 15) is 19.5 Å². The molecule has 0 heterocycles. The Morgan fingerprint density at radius 2 is 0.623 bits per heavy atom. The number of esters is 2. The zero-order valence-electron chi connectivity index (χ0n) is 41.1. The number of rotatable bonds is 50. The molecule has 0 bridgehead atoms. The second-order valence-electron chi connectivity index (χ2n) is 18.6. The summed E-state index contributed by atoms with van der Waals surface area (Å²) in [6, 6.07) is 0. The van der Waals surface area contributed by atoms with Gasteiger partial charge in [0.15, 0.2) is 18.0 Å². The third kappa shape index (κ3) is 43.3. The minimum absolute atomic E-state index is 0.238. The molecule has 1 N–H and O–H groups in total. The maximum atomic E-state index is 13.5. The van der Waals surface area contributed by atoms with Crippen LogP contribution in [0.3, 0.4) is 0 Å². The first-order chi connectivity index (χ1) is 30.0. The van der Waals surface area contributed by atoms with Crippen LogP contribution in [0.2, 0.25) is 0 Å². The first-order valence-corrected chi connectivity index (χ1v) is 27.2. The molecule has 0 aromatic carbocycles. The Labute approximate surface area is 379 Å². The number of aliphatic hydroxyl groups excluding tert-OH is 1. The lowest BCUT2D eigenvalue weighted by Crippen LogP contribution is -2.43. The highest BCUT2D eigenvalue weighted by molar-refractivity contribution is 5.86. The monoisotopic (exact) mass is 861 g/mol. The van der Waals surface area contributed by atoms with Crippen molar-refractivity contribution in [3.8, 4) is 0 Å². The fourth-order valence-corrected chi connectivity index (χ4v) is 8.41. The zero-order chi connectivity index (χ0) is 44.5. The van der Waals surface area contributed by atoms with Crippen molar-refractivity contribution in [2.24, 2.45) is 0 Å². The van der Waals surface area contributed by atoms with Gasteiger partial charge in [-0.1, -0.05) is 251 Å². The summed E-state index contributed by atoms with van der Waals surface area (Å²) in [5.41, 5.74) is 0. The molecular weight excluding hydrogens is 757 g/mol. The van der Waals surface area contributed by atoms with Crippen LogP contribution in [0.15, 0.2) is 12.2 Å². The molecule has 2 atom stereocenters. The third-order valence-corrected chi connectivity index (χ3v) is 12.5. The summed E-state index contributed by atoms with van der Waals surface area (Å²) in [5, 5.41) is 10.3. The van der Waals surface area contributed by atoms with Gasteiger partial charge in [0, 0.05) is 19.3 Å². The summed E-state index contributed by atoms with van der Waals surface area (Å²) in [6.45, 7) is 6.25. The van der Waals surface area contributed by atoms with Crippen LogP contribution in [0.4, 0.5) is 0 Å². The Hall–Kier alpha value is -1.69. The van der Waals surface area contributed by atoms with E-state index in [1.165, 1.54) is 186 Å². The van der Waals surface area contributed by atoms with E-state index in [0.717, 1.165) is 64.2 Å². The summed E-state index contributed by atoms with van der Waals surface area (Å²) >= 11 is 0. The van der Waals surface area contributed by atoms with Gasteiger partial charge in [-0.2, -0.15) is 0 Å². The van der Waals surface area contributed by atoms with Gasteiger partial charge >= 0.3 is 11.9 Å². The van der Waals surface area contributed by atoms with E-state index in [4.69, 9.17) is 9.47 Å². The quantitative estimate of drug-likeness (QED) is 0.0372. The molecule has 0 aliphatic rings. The van der Waals surface area contributed by atoms with Gasteiger partial charge in [0.05, 0.1) is 6.61 Å². The highest BCUT2D eigenvalue weighted by atomic mass is 16.6. The summed E-state index contributed by atoms with van der Waals surface area (Å²) in [7, 11) is 0.